The van der Waals surface area contributed by atoms with Gasteiger partial charge in [-0.25, -0.2) is 9.78 Å². The summed E-state index contributed by atoms with van der Waals surface area (Å²) in [6.45, 7) is 1.95. The minimum absolute atomic E-state index is 0.0526. The Kier molecular flexibility index (Phi) is 4.99. The first-order chi connectivity index (χ1) is 11.5. The minimum Gasteiger partial charge on any atom is -0.481 e. The Morgan fingerprint density at radius 1 is 1.29 bits per heavy atom. The van der Waals surface area contributed by atoms with Crippen molar-refractivity contribution in [3.05, 3.63) is 29.3 Å². The van der Waals surface area contributed by atoms with Gasteiger partial charge in [0, 0.05) is 6.04 Å². The zero-order valence-electron chi connectivity index (χ0n) is 13.5. The highest BCUT2D eigenvalue weighted by atomic mass is 32.1. The number of rotatable bonds is 4. The Hall–Kier alpha value is -2.15. The topological polar surface area (TPSA) is 91.3 Å². The van der Waals surface area contributed by atoms with Gasteiger partial charge in [0.25, 0.3) is 0 Å². The van der Waals surface area contributed by atoms with Crippen molar-refractivity contribution in [3.8, 4) is 0 Å². The fraction of sp³-hybridized carbons (Fsp3) is 0.471. The maximum absolute atomic E-state index is 12.2. The Labute approximate surface area is 144 Å². The lowest BCUT2D eigenvalue weighted by Gasteiger charge is -2.27. The summed E-state index contributed by atoms with van der Waals surface area (Å²) < 4.78 is 1.11. The summed E-state index contributed by atoms with van der Waals surface area (Å²) in [4.78, 5) is 27.4. The SMILES string of the molecule is CC(NC(=O)NC1CCC(C(=O)O)CC1)c1ccc2ncsc2c1. The van der Waals surface area contributed by atoms with Crippen LogP contribution < -0.4 is 10.6 Å². The Morgan fingerprint density at radius 3 is 2.75 bits per heavy atom. The van der Waals surface area contributed by atoms with E-state index < -0.39 is 5.97 Å². The maximum atomic E-state index is 12.2. The van der Waals surface area contributed by atoms with Crippen molar-refractivity contribution in [2.75, 3.05) is 0 Å². The molecule has 1 fully saturated rings. The van der Waals surface area contributed by atoms with Gasteiger partial charge >= 0.3 is 12.0 Å². The third kappa shape index (κ3) is 3.84. The molecule has 2 amide bonds. The Balaban J connectivity index is 1.52. The molecular formula is C17H21N3O3S. The molecule has 1 atom stereocenters. The van der Waals surface area contributed by atoms with Gasteiger partial charge < -0.3 is 15.7 Å². The number of carboxylic acid groups (broad SMARTS) is 1. The van der Waals surface area contributed by atoms with Crippen LogP contribution in [0.15, 0.2) is 23.7 Å². The van der Waals surface area contributed by atoms with Crippen LogP contribution in [-0.2, 0) is 4.79 Å². The Morgan fingerprint density at radius 2 is 2.04 bits per heavy atom. The van der Waals surface area contributed by atoms with E-state index in [2.05, 4.69) is 21.7 Å². The van der Waals surface area contributed by atoms with Crippen LogP contribution in [0.3, 0.4) is 0 Å². The minimum atomic E-state index is -0.731. The zero-order valence-corrected chi connectivity index (χ0v) is 14.3. The molecule has 7 heteroatoms. The van der Waals surface area contributed by atoms with Crippen molar-refractivity contribution in [2.24, 2.45) is 5.92 Å². The molecule has 0 saturated heterocycles. The van der Waals surface area contributed by atoms with Gasteiger partial charge in [0.1, 0.15) is 0 Å². The van der Waals surface area contributed by atoms with Crippen LogP contribution in [0, 0.1) is 5.92 Å². The first kappa shape index (κ1) is 16.7. The average Bonchev–Trinajstić information content (AvgIpc) is 3.02. The first-order valence-electron chi connectivity index (χ1n) is 8.16. The molecule has 1 aliphatic rings. The van der Waals surface area contributed by atoms with Crippen molar-refractivity contribution < 1.29 is 14.7 Å². The lowest BCUT2D eigenvalue weighted by atomic mass is 9.86. The number of aliphatic carboxylic acids is 1. The van der Waals surface area contributed by atoms with E-state index in [1.807, 2.05) is 24.6 Å². The highest BCUT2D eigenvalue weighted by Crippen LogP contribution is 2.25. The van der Waals surface area contributed by atoms with Crippen molar-refractivity contribution in [3.63, 3.8) is 0 Å². The molecule has 24 heavy (non-hydrogen) atoms. The lowest BCUT2D eigenvalue weighted by Crippen LogP contribution is -2.44. The third-order valence-electron chi connectivity index (χ3n) is 4.61. The van der Waals surface area contributed by atoms with Crippen LogP contribution in [0.4, 0.5) is 4.79 Å². The number of carboxylic acids is 1. The molecule has 1 aromatic carbocycles. The number of hydrogen-bond acceptors (Lipinski definition) is 4. The summed E-state index contributed by atoms with van der Waals surface area (Å²) in [6.07, 6.45) is 2.67. The van der Waals surface area contributed by atoms with Crippen LogP contribution in [0.5, 0.6) is 0 Å². The zero-order chi connectivity index (χ0) is 17.1. The summed E-state index contributed by atoms with van der Waals surface area (Å²) in [5.41, 5.74) is 3.82. The molecule has 0 spiro atoms. The van der Waals surface area contributed by atoms with Crippen LogP contribution in [-0.4, -0.2) is 28.1 Å². The van der Waals surface area contributed by atoms with Gasteiger partial charge in [-0.3, -0.25) is 4.79 Å². The number of benzene rings is 1. The highest BCUT2D eigenvalue weighted by molar-refractivity contribution is 7.16. The van der Waals surface area contributed by atoms with Crippen molar-refractivity contribution in [1.29, 1.82) is 0 Å². The van der Waals surface area contributed by atoms with Gasteiger partial charge in [-0.15, -0.1) is 11.3 Å². The monoisotopic (exact) mass is 347 g/mol. The van der Waals surface area contributed by atoms with Crippen molar-refractivity contribution in [2.45, 2.75) is 44.7 Å². The van der Waals surface area contributed by atoms with E-state index in [1.165, 1.54) is 0 Å². The van der Waals surface area contributed by atoms with Gasteiger partial charge in [-0.05, 0) is 50.3 Å². The number of nitrogens with zero attached hydrogens (tertiary/aromatic N) is 1. The third-order valence-corrected chi connectivity index (χ3v) is 5.41. The number of aromatic nitrogens is 1. The molecule has 3 N–H and O–H groups in total. The fourth-order valence-electron chi connectivity index (χ4n) is 3.13. The van der Waals surface area contributed by atoms with Gasteiger partial charge in [-0.1, -0.05) is 6.07 Å². The van der Waals surface area contributed by atoms with Crippen LogP contribution in [0.2, 0.25) is 0 Å². The van der Waals surface area contributed by atoms with Gasteiger partial charge in [0.2, 0.25) is 0 Å². The number of amides is 2. The van der Waals surface area contributed by atoms with Crippen LogP contribution >= 0.6 is 11.3 Å². The first-order valence-corrected chi connectivity index (χ1v) is 9.04. The predicted molar refractivity (Wildman–Crippen MR) is 93.1 cm³/mol. The number of nitrogens with one attached hydrogen (secondary N) is 2. The molecule has 0 bridgehead atoms. The molecule has 1 unspecified atom stereocenters. The molecule has 1 aliphatic carbocycles. The molecule has 0 aliphatic heterocycles. The van der Waals surface area contributed by atoms with E-state index in [9.17, 15) is 9.59 Å². The largest absolute Gasteiger partial charge is 0.481 e. The van der Waals surface area contributed by atoms with E-state index in [0.717, 1.165) is 15.8 Å². The van der Waals surface area contributed by atoms with E-state index in [-0.39, 0.29) is 24.0 Å². The molecule has 2 aromatic rings. The summed E-state index contributed by atoms with van der Waals surface area (Å²) in [5.74, 6) is -0.999. The predicted octanol–water partition coefficient (Wildman–Crippen LogP) is 3.30. The number of fused-ring (bicyclic) bond motifs is 1. The number of carbonyl (C=O) groups is 2. The van der Waals surface area contributed by atoms with Gasteiger partial charge in [-0.2, -0.15) is 0 Å². The summed E-state index contributed by atoms with van der Waals surface area (Å²) >= 11 is 1.58. The smallest absolute Gasteiger partial charge is 0.315 e. The highest BCUT2D eigenvalue weighted by Gasteiger charge is 2.26. The quantitative estimate of drug-likeness (QED) is 0.791. The molecule has 6 nitrogen and oxygen atoms in total. The van der Waals surface area contributed by atoms with E-state index >= 15 is 0 Å². The summed E-state index contributed by atoms with van der Waals surface area (Å²) in [5, 5.41) is 14.9. The summed E-state index contributed by atoms with van der Waals surface area (Å²) in [6, 6.07) is 5.74. The van der Waals surface area contributed by atoms with Crippen molar-refractivity contribution >= 4 is 33.6 Å². The van der Waals surface area contributed by atoms with Gasteiger partial charge in [0.15, 0.2) is 0 Å². The van der Waals surface area contributed by atoms with E-state index in [1.54, 1.807) is 11.3 Å². The van der Waals surface area contributed by atoms with Crippen LogP contribution in [0.25, 0.3) is 10.2 Å². The molecule has 128 valence electrons. The Bertz CT molecular complexity index is 738. The van der Waals surface area contributed by atoms with Crippen LogP contribution in [0.1, 0.15) is 44.2 Å². The second-order valence-electron chi connectivity index (χ2n) is 6.31. The number of carbonyl (C=O) groups excluding carboxylic acids is 1. The molecule has 1 saturated carbocycles. The molecule has 1 aromatic heterocycles. The average molecular weight is 347 g/mol. The summed E-state index contributed by atoms with van der Waals surface area (Å²) in [7, 11) is 0. The number of urea groups is 1. The molecule has 1 heterocycles. The van der Waals surface area contributed by atoms with Crippen molar-refractivity contribution in [1.82, 2.24) is 15.6 Å². The van der Waals surface area contributed by atoms with Gasteiger partial charge in [0.05, 0.1) is 27.7 Å². The second kappa shape index (κ2) is 7.17. The second-order valence-corrected chi connectivity index (χ2v) is 7.19. The fourth-order valence-corrected chi connectivity index (χ4v) is 3.86. The molecule has 3 rings (SSSR count). The lowest BCUT2D eigenvalue weighted by molar-refractivity contribution is -0.142. The molecule has 0 radical (unpaired) electrons. The normalized spacial score (nSPS) is 22.0. The standard InChI is InChI=1S/C17H21N3O3S/c1-10(12-4-7-14-15(8-12)24-9-18-14)19-17(23)20-13-5-2-11(3-6-13)16(21)22/h4,7-11,13H,2-3,5-6H2,1H3,(H,21,22)(H2,19,20,23). The number of thiazole rings is 1. The number of hydrogen-bond donors (Lipinski definition) is 3. The maximum Gasteiger partial charge on any atom is 0.315 e. The van der Waals surface area contributed by atoms with E-state index in [4.69, 9.17) is 5.11 Å². The molecular weight excluding hydrogens is 326 g/mol. The van der Waals surface area contributed by atoms with E-state index in [0.29, 0.717) is 25.7 Å².